The molecule has 0 bridgehead atoms. The molecule has 1 aromatic carbocycles. The molecule has 1 aromatic rings. The topological polar surface area (TPSA) is 70.7 Å². The van der Waals surface area contributed by atoms with E-state index in [2.05, 4.69) is 15.5 Å². The number of piperazine rings is 1. The molecule has 8 heteroatoms. The van der Waals surface area contributed by atoms with Crippen molar-refractivity contribution in [2.75, 3.05) is 38.2 Å². The van der Waals surface area contributed by atoms with E-state index in [-0.39, 0.29) is 23.6 Å². The number of nitrogens with one attached hydrogen (secondary N) is 2. The van der Waals surface area contributed by atoms with Crippen LogP contribution in [0.2, 0.25) is 0 Å². The number of carbonyl (C=O) groups is 2. The standard InChI is InChI=1S/C15H17N3O3S.ClH/c1-21-11-4-2-3-10(9-12-14(19)17-15(20)22-12)13(11)18-7-5-16-6-8-18;/h2-4,9,16H,5-8H2,1H3,(H,17,19,20);1H/b12-9-;. The lowest BCUT2D eigenvalue weighted by Gasteiger charge is -2.31. The molecule has 0 aromatic heterocycles. The molecule has 0 atom stereocenters. The number of nitrogens with zero attached hydrogens (tertiary/aromatic N) is 1. The molecule has 2 aliphatic heterocycles. The molecule has 23 heavy (non-hydrogen) atoms. The molecule has 2 saturated heterocycles. The van der Waals surface area contributed by atoms with Gasteiger partial charge in [0.1, 0.15) is 5.75 Å². The Morgan fingerprint density at radius 3 is 2.61 bits per heavy atom. The molecule has 2 heterocycles. The molecule has 0 unspecified atom stereocenters. The van der Waals surface area contributed by atoms with Crippen LogP contribution in [0.1, 0.15) is 5.56 Å². The van der Waals surface area contributed by atoms with Gasteiger partial charge in [-0.15, -0.1) is 12.4 Å². The van der Waals surface area contributed by atoms with Gasteiger partial charge in [-0.25, -0.2) is 0 Å². The van der Waals surface area contributed by atoms with Crippen LogP contribution >= 0.6 is 24.2 Å². The van der Waals surface area contributed by atoms with Gasteiger partial charge in [-0.1, -0.05) is 12.1 Å². The van der Waals surface area contributed by atoms with Gasteiger partial charge in [0, 0.05) is 31.7 Å². The number of para-hydroxylation sites is 1. The molecule has 2 fully saturated rings. The van der Waals surface area contributed by atoms with Gasteiger partial charge in [-0.05, 0) is 23.9 Å². The zero-order valence-electron chi connectivity index (χ0n) is 12.6. The summed E-state index contributed by atoms with van der Waals surface area (Å²) < 4.78 is 5.49. The van der Waals surface area contributed by atoms with Crippen molar-refractivity contribution in [1.82, 2.24) is 10.6 Å². The van der Waals surface area contributed by atoms with Crippen LogP contribution in [0.15, 0.2) is 23.1 Å². The van der Waals surface area contributed by atoms with E-state index in [1.165, 1.54) is 0 Å². The van der Waals surface area contributed by atoms with Gasteiger partial charge in [0.15, 0.2) is 0 Å². The summed E-state index contributed by atoms with van der Waals surface area (Å²) in [4.78, 5) is 25.7. The summed E-state index contributed by atoms with van der Waals surface area (Å²) in [5.74, 6) is 0.426. The Labute approximate surface area is 145 Å². The second-order valence-electron chi connectivity index (χ2n) is 4.99. The number of ether oxygens (including phenoxy) is 1. The first kappa shape index (κ1) is 17.7. The monoisotopic (exact) mass is 355 g/mol. The SMILES string of the molecule is COc1cccc(/C=C2\SC(=O)NC2=O)c1N1CCNCC1.Cl. The minimum atomic E-state index is -0.343. The largest absolute Gasteiger partial charge is 0.495 e. The maximum Gasteiger partial charge on any atom is 0.290 e. The second-order valence-corrected chi connectivity index (χ2v) is 6.00. The number of carbonyl (C=O) groups excluding carboxylic acids is 2. The predicted octanol–water partition coefficient (Wildman–Crippen LogP) is 1.85. The number of thioether (sulfide) groups is 1. The highest BCUT2D eigenvalue weighted by Crippen LogP contribution is 2.36. The number of imide groups is 1. The molecule has 0 radical (unpaired) electrons. The van der Waals surface area contributed by atoms with E-state index in [1.807, 2.05) is 18.2 Å². The molecule has 0 spiro atoms. The molecule has 2 amide bonds. The quantitative estimate of drug-likeness (QED) is 0.806. The fraction of sp³-hybridized carbons (Fsp3) is 0.333. The molecular weight excluding hydrogens is 338 g/mol. The molecule has 3 rings (SSSR count). The summed E-state index contributed by atoms with van der Waals surface area (Å²) in [6, 6.07) is 5.73. The zero-order valence-corrected chi connectivity index (χ0v) is 14.3. The number of hydrogen-bond donors (Lipinski definition) is 2. The normalized spacial score (nSPS) is 19.5. The van der Waals surface area contributed by atoms with E-state index < -0.39 is 0 Å². The van der Waals surface area contributed by atoms with Crippen molar-refractivity contribution in [3.8, 4) is 5.75 Å². The van der Waals surface area contributed by atoms with E-state index in [4.69, 9.17) is 4.74 Å². The first-order valence-electron chi connectivity index (χ1n) is 7.06. The number of hydrogen-bond acceptors (Lipinski definition) is 6. The van der Waals surface area contributed by atoms with Gasteiger partial charge in [0.05, 0.1) is 17.7 Å². The van der Waals surface area contributed by atoms with E-state index in [0.29, 0.717) is 4.91 Å². The summed E-state index contributed by atoms with van der Waals surface area (Å²) in [5, 5.41) is 5.26. The third-order valence-corrected chi connectivity index (χ3v) is 4.42. The third kappa shape index (κ3) is 3.80. The van der Waals surface area contributed by atoms with Crippen LogP contribution in [0.5, 0.6) is 5.75 Å². The molecule has 2 aliphatic rings. The van der Waals surface area contributed by atoms with Gasteiger partial charge >= 0.3 is 0 Å². The maximum atomic E-state index is 11.8. The van der Waals surface area contributed by atoms with E-state index >= 15 is 0 Å². The first-order valence-corrected chi connectivity index (χ1v) is 7.88. The highest BCUT2D eigenvalue weighted by molar-refractivity contribution is 8.18. The third-order valence-electron chi connectivity index (χ3n) is 3.61. The van der Waals surface area contributed by atoms with Crippen molar-refractivity contribution < 1.29 is 14.3 Å². The van der Waals surface area contributed by atoms with Crippen LogP contribution in [0.3, 0.4) is 0 Å². The molecule has 0 saturated carbocycles. The van der Waals surface area contributed by atoms with Crippen molar-refractivity contribution in [3.63, 3.8) is 0 Å². The van der Waals surface area contributed by atoms with Crippen molar-refractivity contribution in [2.45, 2.75) is 0 Å². The van der Waals surface area contributed by atoms with Crippen molar-refractivity contribution in [3.05, 3.63) is 28.7 Å². The van der Waals surface area contributed by atoms with Crippen molar-refractivity contribution in [2.24, 2.45) is 0 Å². The summed E-state index contributed by atoms with van der Waals surface area (Å²) in [7, 11) is 1.64. The number of methoxy groups -OCH3 is 1. The average molecular weight is 356 g/mol. The molecule has 2 N–H and O–H groups in total. The van der Waals surface area contributed by atoms with Crippen LogP contribution in [0.25, 0.3) is 6.08 Å². The summed E-state index contributed by atoms with van der Waals surface area (Å²) in [6.07, 6.45) is 1.75. The van der Waals surface area contributed by atoms with Gasteiger partial charge in [-0.3, -0.25) is 14.9 Å². The van der Waals surface area contributed by atoms with Crippen LogP contribution in [-0.4, -0.2) is 44.4 Å². The van der Waals surface area contributed by atoms with Crippen LogP contribution < -0.4 is 20.3 Å². The number of rotatable bonds is 3. The Morgan fingerprint density at radius 2 is 2.00 bits per heavy atom. The summed E-state index contributed by atoms with van der Waals surface area (Å²) in [6.45, 7) is 3.55. The fourth-order valence-electron chi connectivity index (χ4n) is 2.61. The lowest BCUT2D eigenvalue weighted by molar-refractivity contribution is -0.115. The number of halogens is 1. The minimum Gasteiger partial charge on any atom is -0.495 e. The highest BCUT2D eigenvalue weighted by Gasteiger charge is 2.26. The second kappa shape index (κ2) is 7.72. The Balaban J connectivity index is 0.00000192. The predicted molar refractivity (Wildman–Crippen MR) is 94.4 cm³/mol. The zero-order chi connectivity index (χ0) is 15.5. The fourth-order valence-corrected chi connectivity index (χ4v) is 3.28. The Kier molecular flexibility index (Phi) is 5.92. The average Bonchev–Trinajstić information content (AvgIpc) is 2.85. The lowest BCUT2D eigenvalue weighted by atomic mass is 10.1. The Hall–Kier alpha value is -1.70. The lowest BCUT2D eigenvalue weighted by Crippen LogP contribution is -2.43. The molecule has 124 valence electrons. The van der Waals surface area contributed by atoms with Gasteiger partial charge in [0.2, 0.25) is 0 Å². The van der Waals surface area contributed by atoms with Gasteiger partial charge in [-0.2, -0.15) is 0 Å². The van der Waals surface area contributed by atoms with Gasteiger partial charge in [0.25, 0.3) is 11.1 Å². The Morgan fingerprint density at radius 1 is 1.26 bits per heavy atom. The number of anilines is 1. The summed E-state index contributed by atoms with van der Waals surface area (Å²) in [5.41, 5.74) is 1.85. The van der Waals surface area contributed by atoms with E-state index in [9.17, 15) is 9.59 Å². The molecule has 0 aliphatic carbocycles. The number of benzene rings is 1. The van der Waals surface area contributed by atoms with Gasteiger partial charge < -0.3 is 15.0 Å². The van der Waals surface area contributed by atoms with Crippen LogP contribution in [0, 0.1) is 0 Å². The smallest absolute Gasteiger partial charge is 0.290 e. The molecule has 6 nitrogen and oxygen atoms in total. The maximum absolute atomic E-state index is 11.8. The van der Waals surface area contributed by atoms with E-state index in [0.717, 1.165) is 54.9 Å². The van der Waals surface area contributed by atoms with Crippen molar-refractivity contribution in [1.29, 1.82) is 0 Å². The Bertz CT molecular complexity index is 645. The molecular formula is C15H18ClN3O3S. The highest BCUT2D eigenvalue weighted by atomic mass is 35.5. The van der Waals surface area contributed by atoms with Crippen molar-refractivity contribution >= 4 is 47.1 Å². The van der Waals surface area contributed by atoms with Crippen LogP contribution in [0.4, 0.5) is 10.5 Å². The minimum absolute atomic E-state index is 0. The first-order chi connectivity index (χ1) is 10.7. The van der Waals surface area contributed by atoms with E-state index in [1.54, 1.807) is 13.2 Å². The summed E-state index contributed by atoms with van der Waals surface area (Å²) >= 11 is 0.927. The van der Waals surface area contributed by atoms with Crippen LogP contribution in [-0.2, 0) is 4.79 Å². The number of amides is 2.